The van der Waals surface area contributed by atoms with E-state index in [1.165, 1.54) is 16.7 Å². The standard InChI is InChI=1S/C16H18N2O4S/c19-13(20)10-18-11-6-2-3-7-12(11)23-14(16(18)22)15(21)17-8-4-1-5-9-17/h2-3,6-7,14H,1,4-5,8-10H2,(H,19,20)/t14-/m0/s1. The van der Waals surface area contributed by atoms with Gasteiger partial charge in [-0.15, -0.1) is 11.8 Å². The molecule has 0 radical (unpaired) electrons. The van der Waals surface area contributed by atoms with Crippen LogP contribution in [-0.4, -0.2) is 52.7 Å². The second kappa shape index (κ2) is 6.62. The quantitative estimate of drug-likeness (QED) is 0.850. The smallest absolute Gasteiger partial charge is 0.323 e. The summed E-state index contributed by atoms with van der Waals surface area (Å²) in [6, 6.07) is 7.11. The minimum absolute atomic E-state index is 0.204. The van der Waals surface area contributed by atoms with Gasteiger partial charge in [-0.3, -0.25) is 19.3 Å². The number of nitrogens with zero attached hydrogens (tertiary/aromatic N) is 2. The molecular formula is C16H18N2O4S. The lowest BCUT2D eigenvalue weighted by atomic mass is 10.1. The van der Waals surface area contributed by atoms with Gasteiger partial charge in [-0.25, -0.2) is 0 Å². The van der Waals surface area contributed by atoms with Crippen LogP contribution < -0.4 is 4.90 Å². The Morgan fingerprint density at radius 2 is 1.87 bits per heavy atom. The first kappa shape index (κ1) is 15.9. The number of fused-ring (bicyclic) bond motifs is 1. The lowest BCUT2D eigenvalue weighted by Gasteiger charge is -2.35. The Morgan fingerprint density at radius 3 is 2.57 bits per heavy atom. The van der Waals surface area contributed by atoms with Crippen molar-refractivity contribution in [1.82, 2.24) is 4.90 Å². The first-order valence-corrected chi connectivity index (χ1v) is 8.53. The molecule has 2 heterocycles. The Kier molecular flexibility index (Phi) is 4.56. The molecule has 0 aromatic heterocycles. The van der Waals surface area contributed by atoms with Crippen LogP contribution in [0.25, 0.3) is 0 Å². The third-order valence-corrected chi connectivity index (χ3v) is 5.31. The molecule has 2 aliphatic rings. The van der Waals surface area contributed by atoms with Crippen LogP contribution >= 0.6 is 11.8 Å². The van der Waals surface area contributed by atoms with Crippen molar-refractivity contribution in [2.24, 2.45) is 0 Å². The lowest BCUT2D eigenvalue weighted by Crippen LogP contribution is -2.51. The molecule has 1 atom stereocenters. The van der Waals surface area contributed by atoms with Crippen LogP contribution in [0.15, 0.2) is 29.2 Å². The molecule has 1 fully saturated rings. The summed E-state index contributed by atoms with van der Waals surface area (Å²) in [5.74, 6) is -1.74. The number of carbonyl (C=O) groups excluding carboxylic acids is 2. The van der Waals surface area contributed by atoms with Crippen LogP contribution in [-0.2, 0) is 14.4 Å². The molecule has 1 aromatic rings. The van der Waals surface area contributed by atoms with Gasteiger partial charge >= 0.3 is 5.97 Å². The summed E-state index contributed by atoms with van der Waals surface area (Å²) in [6.45, 7) is 0.910. The van der Waals surface area contributed by atoms with Gasteiger partial charge in [0.1, 0.15) is 6.54 Å². The fourth-order valence-electron chi connectivity index (χ4n) is 2.95. The van der Waals surface area contributed by atoms with Crippen LogP contribution in [0.4, 0.5) is 5.69 Å². The molecule has 2 amide bonds. The summed E-state index contributed by atoms with van der Waals surface area (Å²) in [5, 5.41) is 8.20. The number of amides is 2. The number of carbonyl (C=O) groups is 3. The van der Waals surface area contributed by atoms with Crippen LogP contribution in [0.5, 0.6) is 0 Å². The van der Waals surface area contributed by atoms with Gasteiger partial charge in [-0.05, 0) is 31.4 Å². The molecule has 122 valence electrons. The predicted molar refractivity (Wildman–Crippen MR) is 86.5 cm³/mol. The molecule has 0 spiro atoms. The maximum atomic E-state index is 12.7. The second-order valence-corrected chi connectivity index (χ2v) is 6.82. The average molecular weight is 334 g/mol. The van der Waals surface area contributed by atoms with Crippen LogP contribution in [0, 0.1) is 0 Å². The zero-order valence-corrected chi connectivity index (χ0v) is 13.4. The molecule has 1 N–H and O–H groups in total. The Hall–Kier alpha value is -2.02. The van der Waals surface area contributed by atoms with Gasteiger partial charge in [0, 0.05) is 18.0 Å². The number of hydrogen-bond donors (Lipinski definition) is 1. The Labute approximate surface area is 138 Å². The van der Waals surface area contributed by atoms with Crippen molar-refractivity contribution < 1.29 is 19.5 Å². The van der Waals surface area contributed by atoms with Crippen molar-refractivity contribution in [3.63, 3.8) is 0 Å². The predicted octanol–water partition coefficient (Wildman–Crippen LogP) is 1.59. The second-order valence-electron chi connectivity index (χ2n) is 5.67. The number of benzene rings is 1. The number of thioether (sulfide) groups is 1. The molecule has 1 saturated heterocycles. The van der Waals surface area contributed by atoms with E-state index in [4.69, 9.17) is 5.11 Å². The largest absolute Gasteiger partial charge is 0.480 e. The van der Waals surface area contributed by atoms with E-state index in [0.717, 1.165) is 24.2 Å². The summed E-state index contributed by atoms with van der Waals surface area (Å²) in [5.41, 5.74) is 0.563. The van der Waals surface area contributed by atoms with Crippen molar-refractivity contribution in [1.29, 1.82) is 0 Å². The Balaban J connectivity index is 1.89. The molecule has 0 saturated carbocycles. The average Bonchev–Trinajstić information content (AvgIpc) is 2.57. The van der Waals surface area contributed by atoms with Gasteiger partial charge in [0.05, 0.1) is 5.69 Å². The monoisotopic (exact) mass is 334 g/mol. The Morgan fingerprint density at radius 1 is 1.17 bits per heavy atom. The molecule has 0 aliphatic carbocycles. The molecule has 3 rings (SSSR count). The molecule has 0 bridgehead atoms. The minimum atomic E-state index is -1.09. The molecule has 0 unspecified atom stereocenters. The number of carboxylic acid groups (broad SMARTS) is 1. The number of para-hydroxylation sites is 1. The summed E-state index contributed by atoms with van der Waals surface area (Å²) < 4.78 is 0. The number of hydrogen-bond acceptors (Lipinski definition) is 4. The molecule has 2 aliphatic heterocycles. The van der Waals surface area contributed by atoms with E-state index in [0.29, 0.717) is 18.8 Å². The molecule has 6 nitrogen and oxygen atoms in total. The topological polar surface area (TPSA) is 77.9 Å². The third kappa shape index (κ3) is 3.19. The van der Waals surface area contributed by atoms with Crippen LogP contribution in [0.3, 0.4) is 0 Å². The van der Waals surface area contributed by atoms with Gasteiger partial charge in [0.15, 0.2) is 5.25 Å². The fourth-order valence-corrected chi connectivity index (χ4v) is 4.14. The van der Waals surface area contributed by atoms with E-state index in [1.54, 1.807) is 17.0 Å². The fraction of sp³-hybridized carbons (Fsp3) is 0.438. The minimum Gasteiger partial charge on any atom is -0.480 e. The highest BCUT2D eigenvalue weighted by Gasteiger charge is 2.40. The van der Waals surface area contributed by atoms with Crippen molar-refractivity contribution >= 4 is 35.2 Å². The summed E-state index contributed by atoms with van der Waals surface area (Å²) in [7, 11) is 0. The zero-order valence-electron chi connectivity index (χ0n) is 12.6. The van der Waals surface area contributed by atoms with Gasteiger partial charge in [0.2, 0.25) is 5.91 Å². The summed E-state index contributed by atoms with van der Waals surface area (Å²) in [6.07, 6.45) is 3.00. The number of carboxylic acids is 1. The van der Waals surface area contributed by atoms with Gasteiger partial charge in [-0.2, -0.15) is 0 Å². The molecule has 1 aromatic carbocycles. The first-order chi connectivity index (χ1) is 11.1. The van der Waals surface area contributed by atoms with Crippen LogP contribution in [0.2, 0.25) is 0 Å². The highest BCUT2D eigenvalue weighted by Crippen LogP contribution is 2.39. The zero-order chi connectivity index (χ0) is 16.4. The number of rotatable bonds is 3. The SMILES string of the molecule is O=C(O)CN1C(=O)[C@H](C(=O)N2CCCCC2)Sc2ccccc21. The lowest BCUT2D eigenvalue weighted by molar-refractivity contribution is -0.139. The summed E-state index contributed by atoms with van der Waals surface area (Å²) >= 11 is 1.22. The highest BCUT2D eigenvalue weighted by atomic mass is 32.2. The van der Waals surface area contributed by atoms with Gasteiger partial charge < -0.3 is 10.0 Å². The maximum absolute atomic E-state index is 12.7. The van der Waals surface area contributed by atoms with Crippen LogP contribution in [0.1, 0.15) is 19.3 Å². The van der Waals surface area contributed by atoms with Crippen molar-refractivity contribution in [3.8, 4) is 0 Å². The van der Waals surface area contributed by atoms with E-state index in [2.05, 4.69) is 0 Å². The van der Waals surface area contributed by atoms with E-state index in [1.807, 2.05) is 12.1 Å². The number of aliphatic carboxylic acids is 1. The molecule has 23 heavy (non-hydrogen) atoms. The summed E-state index contributed by atoms with van der Waals surface area (Å²) in [4.78, 5) is 40.2. The van der Waals surface area contributed by atoms with E-state index in [-0.39, 0.29) is 5.91 Å². The molecular weight excluding hydrogens is 316 g/mol. The number of anilines is 1. The van der Waals surface area contributed by atoms with Gasteiger partial charge in [0.25, 0.3) is 5.91 Å². The highest BCUT2D eigenvalue weighted by molar-refractivity contribution is 8.01. The number of piperidine rings is 1. The van der Waals surface area contributed by atoms with E-state index < -0.39 is 23.7 Å². The Bertz CT molecular complexity index is 643. The van der Waals surface area contributed by atoms with Crippen molar-refractivity contribution in [2.75, 3.05) is 24.5 Å². The normalized spacial score (nSPS) is 21.0. The van der Waals surface area contributed by atoms with Gasteiger partial charge in [-0.1, -0.05) is 12.1 Å². The third-order valence-electron chi connectivity index (χ3n) is 4.08. The molecule has 7 heteroatoms. The number of likely N-dealkylation sites (tertiary alicyclic amines) is 1. The van der Waals surface area contributed by atoms with E-state index in [9.17, 15) is 14.4 Å². The van der Waals surface area contributed by atoms with E-state index >= 15 is 0 Å². The first-order valence-electron chi connectivity index (χ1n) is 7.65. The maximum Gasteiger partial charge on any atom is 0.323 e. The van der Waals surface area contributed by atoms with Crippen molar-refractivity contribution in [2.45, 2.75) is 29.4 Å². The van der Waals surface area contributed by atoms with Crippen molar-refractivity contribution in [3.05, 3.63) is 24.3 Å².